The largest absolute Gasteiger partial charge is 0.310 e. The molecular weight excluding hydrogens is 210 g/mol. The van der Waals surface area contributed by atoms with Crippen LogP contribution in [0.4, 0.5) is 0 Å². The van der Waals surface area contributed by atoms with Gasteiger partial charge < -0.3 is 10.2 Å². The molecule has 1 aliphatic rings. The van der Waals surface area contributed by atoms with Crippen molar-refractivity contribution >= 4 is 0 Å². The van der Waals surface area contributed by atoms with E-state index in [1.165, 1.54) is 32.4 Å². The molecular formula is C14H27N3. The molecule has 0 aromatic heterocycles. The average Bonchev–Trinajstić information content (AvgIpc) is 2.54. The van der Waals surface area contributed by atoms with E-state index in [0.29, 0.717) is 24.5 Å². The highest BCUT2D eigenvalue weighted by atomic mass is 15.1. The lowest BCUT2D eigenvalue weighted by molar-refractivity contribution is 0.228. The summed E-state index contributed by atoms with van der Waals surface area (Å²) in [5.41, 5.74) is 0. The van der Waals surface area contributed by atoms with Gasteiger partial charge in [0.05, 0.1) is 12.5 Å². The van der Waals surface area contributed by atoms with Crippen molar-refractivity contribution in [2.24, 2.45) is 0 Å². The molecule has 2 unspecified atom stereocenters. The van der Waals surface area contributed by atoms with Crippen LogP contribution in [0.15, 0.2) is 0 Å². The lowest BCUT2D eigenvalue weighted by atomic mass is 10.1. The summed E-state index contributed by atoms with van der Waals surface area (Å²) in [7, 11) is 0. The zero-order valence-electron chi connectivity index (χ0n) is 11.6. The molecule has 0 saturated carbocycles. The first-order valence-corrected chi connectivity index (χ1v) is 7.04. The van der Waals surface area contributed by atoms with E-state index in [9.17, 15) is 0 Å². The Morgan fingerprint density at radius 3 is 2.71 bits per heavy atom. The van der Waals surface area contributed by atoms with Gasteiger partial charge in [0, 0.05) is 18.1 Å². The molecule has 1 rings (SSSR count). The SMILES string of the molecule is CCC(CC#N)NC1CCCN(C(C)C)CC1. The number of nitrogens with one attached hydrogen (secondary N) is 1. The highest BCUT2D eigenvalue weighted by Gasteiger charge is 2.20. The summed E-state index contributed by atoms with van der Waals surface area (Å²) in [5.74, 6) is 0. The van der Waals surface area contributed by atoms with Gasteiger partial charge in [-0.15, -0.1) is 0 Å². The zero-order chi connectivity index (χ0) is 12.7. The predicted octanol–water partition coefficient (Wildman–Crippen LogP) is 2.53. The van der Waals surface area contributed by atoms with Gasteiger partial charge in [0.2, 0.25) is 0 Å². The number of nitrogens with zero attached hydrogens (tertiary/aromatic N) is 2. The van der Waals surface area contributed by atoms with Gasteiger partial charge in [-0.25, -0.2) is 0 Å². The van der Waals surface area contributed by atoms with Crippen LogP contribution in [0, 0.1) is 11.3 Å². The molecule has 17 heavy (non-hydrogen) atoms. The van der Waals surface area contributed by atoms with Gasteiger partial charge in [-0.3, -0.25) is 0 Å². The average molecular weight is 237 g/mol. The van der Waals surface area contributed by atoms with E-state index in [0.717, 1.165) is 6.42 Å². The number of rotatable bonds is 5. The fourth-order valence-corrected chi connectivity index (χ4v) is 2.57. The molecule has 0 amide bonds. The Hall–Kier alpha value is -0.590. The van der Waals surface area contributed by atoms with E-state index in [1.807, 2.05) is 0 Å². The molecule has 0 aliphatic carbocycles. The van der Waals surface area contributed by atoms with Crippen LogP contribution in [0.2, 0.25) is 0 Å². The molecule has 0 aromatic rings. The van der Waals surface area contributed by atoms with E-state index in [-0.39, 0.29) is 0 Å². The van der Waals surface area contributed by atoms with Crippen molar-refractivity contribution in [3.8, 4) is 6.07 Å². The molecule has 3 heteroatoms. The van der Waals surface area contributed by atoms with Crippen molar-refractivity contribution < 1.29 is 0 Å². The molecule has 1 aliphatic heterocycles. The van der Waals surface area contributed by atoms with Gasteiger partial charge >= 0.3 is 0 Å². The summed E-state index contributed by atoms with van der Waals surface area (Å²) in [6.45, 7) is 9.13. The van der Waals surface area contributed by atoms with Crippen LogP contribution in [-0.2, 0) is 0 Å². The van der Waals surface area contributed by atoms with Crippen LogP contribution in [0.25, 0.3) is 0 Å². The van der Waals surface area contributed by atoms with Gasteiger partial charge in [0.1, 0.15) is 0 Å². The predicted molar refractivity (Wildman–Crippen MR) is 71.8 cm³/mol. The Morgan fingerprint density at radius 1 is 1.35 bits per heavy atom. The molecule has 1 saturated heterocycles. The summed E-state index contributed by atoms with van der Waals surface area (Å²) in [6, 6.07) is 3.93. The van der Waals surface area contributed by atoms with Gasteiger partial charge in [0.25, 0.3) is 0 Å². The molecule has 1 fully saturated rings. The molecule has 0 spiro atoms. The number of likely N-dealkylation sites (tertiary alicyclic amines) is 1. The smallest absolute Gasteiger partial charge is 0.0638 e. The van der Waals surface area contributed by atoms with Gasteiger partial charge in [-0.05, 0) is 52.6 Å². The van der Waals surface area contributed by atoms with Crippen LogP contribution in [0.3, 0.4) is 0 Å². The molecule has 1 heterocycles. The molecule has 3 nitrogen and oxygen atoms in total. The third-order valence-corrected chi connectivity index (χ3v) is 3.79. The fourth-order valence-electron chi connectivity index (χ4n) is 2.57. The Bertz CT molecular complexity index is 244. The minimum atomic E-state index is 0.385. The Morgan fingerprint density at radius 2 is 2.12 bits per heavy atom. The number of nitriles is 1. The number of hydrogen-bond acceptors (Lipinski definition) is 3. The maximum absolute atomic E-state index is 8.77. The summed E-state index contributed by atoms with van der Waals surface area (Å²) in [5, 5.41) is 12.4. The van der Waals surface area contributed by atoms with Gasteiger partial charge in [-0.1, -0.05) is 6.92 Å². The highest BCUT2D eigenvalue weighted by Crippen LogP contribution is 2.14. The van der Waals surface area contributed by atoms with E-state index in [1.54, 1.807) is 0 Å². The summed E-state index contributed by atoms with van der Waals surface area (Å²) in [6.07, 6.45) is 5.45. The second-order valence-electron chi connectivity index (χ2n) is 5.39. The quantitative estimate of drug-likeness (QED) is 0.798. The van der Waals surface area contributed by atoms with Crippen LogP contribution >= 0.6 is 0 Å². The first-order valence-electron chi connectivity index (χ1n) is 7.04. The Kier molecular flexibility index (Phi) is 6.54. The van der Waals surface area contributed by atoms with Crippen molar-refractivity contribution in [2.75, 3.05) is 13.1 Å². The standard InChI is InChI=1S/C14H27N3/c1-4-13(7-9-15)16-14-6-5-10-17(11-8-14)12(2)3/h12-14,16H,4-8,10-11H2,1-3H3. The van der Waals surface area contributed by atoms with Gasteiger partial charge in [-0.2, -0.15) is 5.26 Å². The van der Waals surface area contributed by atoms with Crippen molar-refractivity contribution in [1.29, 1.82) is 5.26 Å². The minimum Gasteiger partial charge on any atom is -0.310 e. The van der Waals surface area contributed by atoms with Crippen LogP contribution in [0.5, 0.6) is 0 Å². The normalized spacial score (nSPS) is 24.3. The molecule has 1 N–H and O–H groups in total. The Balaban J connectivity index is 2.38. The first kappa shape index (κ1) is 14.5. The minimum absolute atomic E-state index is 0.385. The highest BCUT2D eigenvalue weighted by molar-refractivity contribution is 4.84. The van der Waals surface area contributed by atoms with Crippen molar-refractivity contribution in [2.45, 2.75) is 71.0 Å². The third-order valence-electron chi connectivity index (χ3n) is 3.79. The summed E-state index contributed by atoms with van der Waals surface area (Å²) < 4.78 is 0. The van der Waals surface area contributed by atoms with Crippen molar-refractivity contribution in [3.63, 3.8) is 0 Å². The fraction of sp³-hybridized carbons (Fsp3) is 0.929. The van der Waals surface area contributed by atoms with E-state index < -0.39 is 0 Å². The zero-order valence-corrected chi connectivity index (χ0v) is 11.6. The second kappa shape index (κ2) is 7.68. The van der Waals surface area contributed by atoms with E-state index >= 15 is 0 Å². The maximum Gasteiger partial charge on any atom is 0.0638 e. The molecule has 0 aromatic carbocycles. The summed E-state index contributed by atoms with van der Waals surface area (Å²) in [4.78, 5) is 2.56. The van der Waals surface area contributed by atoms with Crippen LogP contribution < -0.4 is 5.32 Å². The molecule has 2 atom stereocenters. The van der Waals surface area contributed by atoms with Crippen molar-refractivity contribution in [3.05, 3.63) is 0 Å². The number of hydrogen-bond donors (Lipinski definition) is 1. The summed E-state index contributed by atoms with van der Waals surface area (Å²) >= 11 is 0. The molecule has 0 radical (unpaired) electrons. The maximum atomic E-state index is 8.77. The first-order chi connectivity index (χ1) is 8.17. The molecule has 98 valence electrons. The van der Waals surface area contributed by atoms with Crippen LogP contribution in [0.1, 0.15) is 52.9 Å². The lowest BCUT2D eigenvalue weighted by Crippen LogP contribution is -2.39. The third kappa shape index (κ3) is 5.06. The van der Waals surface area contributed by atoms with E-state index in [4.69, 9.17) is 5.26 Å². The monoisotopic (exact) mass is 237 g/mol. The van der Waals surface area contributed by atoms with Gasteiger partial charge in [0.15, 0.2) is 0 Å². The lowest BCUT2D eigenvalue weighted by Gasteiger charge is -2.25. The topological polar surface area (TPSA) is 39.1 Å². The van der Waals surface area contributed by atoms with Crippen molar-refractivity contribution in [1.82, 2.24) is 10.2 Å². The Labute approximate surface area is 106 Å². The van der Waals surface area contributed by atoms with E-state index in [2.05, 4.69) is 37.1 Å². The molecule has 0 bridgehead atoms. The second-order valence-corrected chi connectivity index (χ2v) is 5.39. The van der Waals surface area contributed by atoms with Crippen LogP contribution in [-0.4, -0.2) is 36.1 Å².